The number of carboxylic acids is 1. The van der Waals surface area contributed by atoms with Crippen LogP contribution in [-0.4, -0.2) is 20.6 Å². The Kier molecular flexibility index (Phi) is 3.57. The van der Waals surface area contributed by atoms with E-state index in [-0.39, 0.29) is 17.0 Å². The average Bonchev–Trinajstić information content (AvgIpc) is 2.85. The van der Waals surface area contributed by atoms with Crippen molar-refractivity contribution in [1.82, 2.24) is 9.55 Å². The van der Waals surface area contributed by atoms with E-state index < -0.39 is 5.97 Å². The predicted octanol–water partition coefficient (Wildman–Crippen LogP) is 1.81. The van der Waals surface area contributed by atoms with Gasteiger partial charge in [0.05, 0.1) is 10.6 Å². The highest BCUT2D eigenvalue weighted by Crippen LogP contribution is 2.18. The van der Waals surface area contributed by atoms with Gasteiger partial charge in [0.2, 0.25) is 0 Å². The topological polar surface area (TPSA) is 72.2 Å². The number of rotatable bonds is 4. The van der Waals surface area contributed by atoms with Crippen LogP contribution >= 0.6 is 11.3 Å². The molecule has 0 aliphatic rings. The standard InChI is InChI=1S/C12H12N2O3S/c1-8(11-13-4-5-18-11)6-14-7-9(12(16)17)2-3-10(14)15/h2-5,7-8H,6H2,1H3,(H,16,17). The van der Waals surface area contributed by atoms with Crippen molar-refractivity contribution in [2.45, 2.75) is 19.4 Å². The monoisotopic (exact) mass is 264 g/mol. The summed E-state index contributed by atoms with van der Waals surface area (Å²) in [4.78, 5) is 26.7. The van der Waals surface area contributed by atoms with Gasteiger partial charge in [0.1, 0.15) is 0 Å². The third-order valence-electron chi connectivity index (χ3n) is 2.57. The maximum Gasteiger partial charge on any atom is 0.337 e. The Morgan fingerprint density at radius 2 is 2.33 bits per heavy atom. The molecule has 2 aromatic heterocycles. The number of carboxylic acid groups (broad SMARTS) is 1. The third kappa shape index (κ3) is 2.65. The SMILES string of the molecule is CC(Cn1cc(C(=O)O)ccc1=O)c1nccs1. The van der Waals surface area contributed by atoms with Crippen molar-refractivity contribution in [2.24, 2.45) is 0 Å². The van der Waals surface area contributed by atoms with Crippen molar-refractivity contribution < 1.29 is 9.90 Å². The molecule has 0 saturated heterocycles. The average molecular weight is 264 g/mol. The van der Waals surface area contributed by atoms with Crippen molar-refractivity contribution in [1.29, 1.82) is 0 Å². The fourth-order valence-electron chi connectivity index (χ4n) is 1.65. The van der Waals surface area contributed by atoms with E-state index in [1.54, 1.807) is 6.20 Å². The maximum absolute atomic E-state index is 11.7. The molecule has 1 atom stereocenters. The van der Waals surface area contributed by atoms with Crippen molar-refractivity contribution in [3.8, 4) is 0 Å². The summed E-state index contributed by atoms with van der Waals surface area (Å²) in [5.74, 6) is -0.961. The van der Waals surface area contributed by atoms with Crippen LogP contribution in [0.2, 0.25) is 0 Å². The largest absolute Gasteiger partial charge is 0.478 e. The van der Waals surface area contributed by atoms with Crippen LogP contribution in [0, 0.1) is 0 Å². The second-order valence-corrected chi connectivity index (χ2v) is 4.91. The lowest BCUT2D eigenvalue weighted by molar-refractivity contribution is 0.0695. The van der Waals surface area contributed by atoms with Gasteiger partial charge in [-0.1, -0.05) is 6.92 Å². The molecule has 2 aromatic rings. The second-order valence-electron chi connectivity index (χ2n) is 3.98. The zero-order valence-corrected chi connectivity index (χ0v) is 10.6. The van der Waals surface area contributed by atoms with E-state index in [2.05, 4.69) is 4.98 Å². The minimum atomic E-state index is -1.04. The number of hydrogen-bond donors (Lipinski definition) is 1. The number of carbonyl (C=O) groups is 1. The highest BCUT2D eigenvalue weighted by molar-refractivity contribution is 7.09. The van der Waals surface area contributed by atoms with E-state index in [1.165, 1.54) is 34.2 Å². The van der Waals surface area contributed by atoms with Crippen LogP contribution in [0.4, 0.5) is 0 Å². The maximum atomic E-state index is 11.7. The molecule has 0 spiro atoms. The number of aromatic carboxylic acids is 1. The molecule has 2 rings (SSSR count). The summed E-state index contributed by atoms with van der Waals surface area (Å²) in [6, 6.07) is 2.59. The van der Waals surface area contributed by atoms with Gasteiger partial charge in [-0.05, 0) is 6.07 Å². The zero-order valence-electron chi connectivity index (χ0n) is 9.74. The zero-order chi connectivity index (χ0) is 13.1. The molecule has 94 valence electrons. The van der Waals surface area contributed by atoms with E-state index in [1.807, 2.05) is 12.3 Å². The quantitative estimate of drug-likeness (QED) is 0.914. The van der Waals surface area contributed by atoms with E-state index >= 15 is 0 Å². The lowest BCUT2D eigenvalue weighted by atomic mass is 10.2. The van der Waals surface area contributed by atoms with Crippen molar-refractivity contribution >= 4 is 17.3 Å². The Hall–Kier alpha value is -1.95. The van der Waals surface area contributed by atoms with E-state index in [4.69, 9.17) is 5.11 Å². The summed E-state index contributed by atoms with van der Waals surface area (Å²) in [5, 5.41) is 11.7. The molecular formula is C12H12N2O3S. The van der Waals surface area contributed by atoms with Gasteiger partial charge in [-0.15, -0.1) is 11.3 Å². The molecule has 6 heteroatoms. The molecule has 0 amide bonds. The van der Waals surface area contributed by atoms with Crippen LogP contribution in [0.1, 0.15) is 28.2 Å². The van der Waals surface area contributed by atoms with Gasteiger partial charge in [0.25, 0.3) is 5.56 Å². The van der Waals surface area contributed by atoms with E-state index in [0.29, 0.717) is 6.54 Å². The third-order valence-corrected chi connectivity index (χ3v) is 3.58. The number of thiazole rings is 1. The first-order valence-electron chi connectivity index (χ1n) is 5.41. The lowest BCUT2D eigenvalue weighted by Gasteiger charge is -2.11. The van der Waals surface area contributed by atoms with E-state index in [9.17, 15) is 9.59 Å². The van der Waals surface area contributed by atoms with Gasteiger partial charge in [-0.25, -0.2) is 9.78 Å². The Morgan fingerprint density at radius 3 is 2.94 bits per heavy atom. The van der Waals surface area contributed by atoms with E-state index in [0.717, 1.165) is 5.01 Å². The number of nitrogens with zero attached hydrogens (tertiary/aromatic N) is 2. The van der Waals surface area contributed by atoms with Gasteiger partial charge in [-0.3, -0.25) is 4.79 Å². The van der Waals surface area contributed by atoms with Crippen molar-refractivity contribution in [3.05, 3.63) is 50.8 Å². The predicted molar refractivity (Wildman–Crippen MR) is 68.2 cm³/mol. The summed E-state index contributed by atoms with van der Waals surface area (Å²) in [5.41, 5.74) is -0.0932. The van der Waals surface area contributed by atoms with Gasteiger partial charge in [0.15, 0.2) is 0 Å². The highest BCUT2D eigenvalue weighted by Gasteiger charge is 2.11. The van der Waals surface area contributed by atoms with Gasteiger partial charge >= 0.3 is 5.97 Å². The van der Waals surface area contributed by atoms with Gasteiger partial charge < -0.3 is 9.67 Å². The molecule has 5 nitrogen and oxygen atoms in total. The molecule has 0 fully saturated rings. The normalized spacial score (nSPS) is 12.3. The first-order chi connectivity index (χ1) is 8.58. The summed E-state index contributed by atoms with van der Waals surface area (Å²) >= 11 is 1.52. The summed E-state index contributed by atoms with van der Waals surface area (Å²) in [6.07, 6.45) is 3.09. The summed E-state index contributed by atoms with van der Waals surface area (Å²) in [7, 11) is 0. The van der Waals surface area contributed by atoms with Crippen molar-refractivity contribution in [3.63, 3.8) is 0 Å². The minimum absolute atomic E-state index is 0.0757. The smallest absolute Gasteiger partial charge is 0.337 e. The Balaban J connectivity index is 2.26. The fourth-order valence-corrected chi connectivity index (χ4v) is 2.34. The molecule has 1 N–H and O–H groups in total. The minimum Gasteiger partial charge on any atom is -0.478 e. The molecule has 1 unspecified atom stereocenters. The molecule has 2 heterocycles. The summed E-state index contributed by atoms with van der Waals surface area (Å²) < 4.78 is 1.41. The molecule has 0 saturated carbocycles. The molecule has 0 bridgehead atoms. The van der Waals surface area contributed by atoms with Crippen molar-refractivity contribution in [2.75, 3.05) is 0 Å². The van der Waals surface area contributed by atoms with Crippen LogP contribution in [0.3, 0.4) is 0 Å². The fraction of sp³-hybridized carbons (Fsp3) is 0.250. The highest BCUT2D eigenvalue weighted by atomic mass is 32.1. The number of aromatic nitrogens is 2. The van der Waals surface area contributed by atoms with Crippen LogP contribution in [-0.2, 0) is 6.54 Å². The molecule has 0 aliphatic heterocycles. The molecule has 0 radical (unpaired) electrons. The number of hydrogen-bond acceptors (Lipinski definition) is 4. The molecular weight excluding hydrogens is 252 g/mol. The van der Waals surface area contributed by atoms with Gasteiger partial charge in [-0.2, -0.15) is 0 Å². The number of pyridine rings is 1. The Bertz CT molecular complexity index is 604. The molecule has 0 aliphatic carbocycles. The molecule has 0 aromatic carbocycles. The van der Waals surface area contributed by atoms with Crippen LogP contribution in [0.15, 0.2) is 34.7 Å². The Morgan fingerprint density at radius 1 is 1.56 bits per heavy atom. The Labute approximate surface area is 107 Å². The van der Waals surface area contributed by atoms with Crippen LogP contribution in [0.25, 0.3) is 0 Å². The first kappa shape index (κ1) is 12.5. The summed E-state index contributed by atoms with van der Waals surface area (Å²) in [6.45, 7) is 2.38. The van der Waals surface area contributed by atoms with Gasteiger partial charge in [0, 0.05) is 36.3 Å². The van der Waals surface area contributed by atoms with Crippen LogP contribution in [0.5, 0.6) is 0 Å². The lowest BCUT2D eigenvalue weighted by Crippen LogP contribution is -2.22. The second kappa shape index (κ2) is 5.14. The van der Waals surface area contributed by atoms with Crippen LogP contribution < -0.4 is 5.56 Å². The molecule has 18 heavy (non-hydrogen) atoms. The first-order valence-corrected chi connectivity index (χ1v) is 6.29.